The third-order valence-corrected chi connectivity index (χ3v) is 3.51. The molecule has 0 bridgehead atoms. The van der Waals surface area contributed by atoms with E-state index in [0.29, 0.717) is 13.1 Å². The fraction of sp³-hybridized carbons (Fsp3) is 0.400. The zero-order chi connectivity index (χ0) is 16.5. The molecule has 1 fully saturated rings. The van der Waals surface area contributed by atoms with Gasteiger partial charge in [0.25, 0.3) is 7.48 Å². The van der Waals surface area contributed by atoms with E-state index in [9.17, 15) is 4.79 Å². The molecule has 122 valence electrons. The monoisotopic (exact) mass is 316 g/mol. The number of likely N-dealkylation sites (tertiary alicyclic amines) is 1. The number of ether oxygens (including phenoxy) is 1. The van der Waals surface area contributed by atoms with Gasteiger partial charge in [-0.1, -0.05) is 18.7 Å². The van der Waals surface area contributed by atoms with Gasteiger partial charge in [0, 0.05) is 0 Å². The molecule has 1 amide bonds. The molecule has 7 nitrogen and oxygen atoms in total. The zero-order valence-corrected chi connectivity index (χ0v) is 13.0. The largest absolute Gasteiger partial charge is 0.494 e. The number of aromatic nitrogens is 3. The molecule has 0 unspecified atom stereocenters. The third-order valence-electron chi connectivity index (χ3n) is 3.51. The first-order valence-electron chi connectivity index (χ1n) is 7.57. The van der Waals surface area contributed by atoms with Crippen LogP contribution in [0.1, 0.15) is 6.42 Å². The summed E-state index contributed by atoms with van der Waals surface area (Å²) >= 11 is 0. The minimum Gasteiger partial charge on any atom is -0.494 e. The predicted octanol–water partition coefficient (Wildman–Crippen LogP) is 0.284. The van der Waals surface area contributed by atoms with Gasteiger partial charge >= 0.3 is 0 Å². The van der Waals surface area contributed by atoms with Crippen molar-refractivity contribution in [3.05, 3.63) is 49.3 Å². The second kappa shape index (κ2) is 8.94. The van der Waals surface area contributed by atoms with Crippen LogP contribution < -0.4 is 0 Å². The number of allylic oxidation sites excluding steroid dienone is 4. The summed E-state index contributed by atoms with van der Waals surface area (Å²) in [7, 11) is 0.173. The standard InChI is InChI=1S/C15H21BN4O3/c1-2-13(5-6-16-22)4-3-7-23-14-8-19(9-14)15(21)10-20-12-17-11-18-20/h2-4,7,11-12,14,16,22H,1,5-6,8-10H2/b7-3+,13-4+. The first-order chi connectivity index (χ1) is 11.2. The smallest absolute Gasteiger partial charge is 0.271 e. The van der Waals surface area contributed by atoms with Crippen molar-refractivity contribution in [1.82, 2.24) is 19.7 Å². The lowest BCUT2D eigenvalue weighted by atomic mass is 9.90. The molecule has 23 heavy (non-hydrogen) atoms. The van der Waals surface area contributed by atoms with Gasteiger partial charge in [0.2, 0.25) is 5.91 Å². The highest BCUT2D eigenvalue weighted by Crippen LogP contribution is 2.13. The maximum absolute atomic E-state index is 11.9. The van der Waals surface area contributed by atoms with Crippen LogP contribution in [0.2, 0.25) is 6.32 Å². The Labute approximate surface area is 136 Å². The highest BCUT2D eigenvalue weighted by atomic mass is 16.5. The van der Waals surface area contributed by atoms with Crippen LogP contribution >= 0.6 is 0 Å². The van der Waals surface area contributed by atoms with E-state index in [0.717, 1.165) is 18.3 Å². The summed E-state index contributed by atoms with van der Waals surface area (Å²) in [4.78, 5) is 17.5. The molecule has 2 heterocycles. The van der Waals surface area contributed by atoms with E-state index in [1.54, 1.807) is 17.2 Å². The Hall–Kier alpha value is -2.35. The second-order valence-corrected chi connectivity index (χ2v) is 5.25. The van der Waals surface area contributed by atoms with Gasteiger partial charge in [-0.25, -0.2) is 9.67 Å². The summed E-state index contributed by atoms with van der Waals surface area (Å²) in [6.45, 7) is 5.11. The summed E-state index contributed by atoms with van der Waals surface area (Å²) in [5.41, 5.74) is 1.05. The Bertz CT molecular complexity index is 565. The average molecular weight is 316 g/mol. The Kier molecular flexibility index (Phi) is 6.62. The highest BCUT2D eigenvalue weighted by Gasteiger charge is 2.31. The lowest BCUT2D eigenvalue weighted by Crippen LogP contribution is -2.55. The van der Waals surface area contributed by atoms with Crippen LogP contribution in [0.3, 0.4) is 0 Å². The van der Waals surface area contributed by atoms with Crippen molar-refractivity contribution in [1.29, 1.82) is 0 Å². The number of hydrogen-bond acceptors (Lipinski definition) is 5. The molecule has 1 N–H and O–H groups in total. The molecule has 8 heteroatoms. The quantitative estimate of drug-likeness (QED) is 0.402. The second-order valence-electron chi connectivity index (χ2n) is 5.25. The van der Waals surface area contributed by atoms with Crippen molar-refractivity contribution in [3.8, 4) is 0 Å². The molecule has 1 saturated heterocycles. The van der Waals surface area contributed by atoms with Crippen LogP contribution in [-0.4, -0.2) is 57.3 Å². The lowest BCUT2D eigenvalue weighted by Gasteiger charge is -2.38. The minimum atomic E-state index is 0.0113. The fourth-order valence-corrected chi connectivity index (χ4v) is 2.14. The maximum atomic E-state index is 11.9. The van der Waals surface area contributed by atoms with Gasteiger partial charge in [-0.05, 0) is 24.4 Å². The molecule has 2 rings (SSSR count). The Balaban J connectivity index is 1.65. The Morgan fingerprint density at radius 1 is 1.52 bits per heavy atom. The SMILES string of the molecule is C=C/C(=C\C=C\OC1CN(C(=O)Cn2cncn2)C1)CCBO. The van der Waals surface area contributed by atoms with E-state index in [1.807, 2.05) is 12.2 Å². The van der Waals surface area contributed by atoms with Gasteiger partial charge in [-0.3, -0.25) is 4.79 Å². The normalized spacial score (nSPS) is 15.5. The molecule has 0 radical (unpaired) electrons. The molecule has 1 aliphatic heterocycles. The minimum absolute atomic E-state index is 0.0113. The van der Waals surface area contributed by atoms with Crippen LogP contribution in [0.4, 0.5) is 0 Å². The van der Waals surface area contributed by atoms with Crippen LogP contribution in [0, 0.1) is 0 Å². The summed E-state index contributed by atoms with van der Waals surface area (Å²) < 4.78 is 7.06. The van der Waals surface area contributed by atoms with E-state index < -0.39 is 0 Å². The van der Waals surface area contributed by atoms with Crippen molar-refractivity contribution in [3.63, 3.8) is 0 Å². The van der Waals surface area contributed by atoms with Crippen LogP contribution in [0.25, 0.3) is 0 Å². The van der Waals surface area contributed by atoms with Crippen molar-refractivity contribution in [2.45, 2.75) is 25.4 Å². The highest BCUT2D eigenvalue weighted by molar-refractivity contribution is 6.25. The van der Waals surface area contributed by atoms with E-state index in [2.05, 4.69) is 16.7 Å². The predicted molar refractivity (Wildman–Crippen MR) is 87.7 cm³/mol. The number of carbonyl (C=O) groups excluding carboxylic acids is 1. The Morgan fingerprint density at radius 3 is 3.00 bits per heavy atom. The molecular formula is C15H21BN4O3. The van der Waals surface area contributed by atoms with Crippen LogP contribution in [-0.2, 0) is 16.1 Å². The fourth-order valence-electron chi connectivity index (χ4n) is 2.14. The summed E-state index contributed by atoms with van der Waals surface area (Å²) in [5, 5.41) is 12.7. The topological polar surface area (TPSA) is 80.5 Å². The van der Waals surface area contributed by atoms with Gasteiger partial charge in [-0.15, -0.1) is 0 Å². The van der Waals surface area contributed by atoms with Crippen LogP contribution in [0.15, 0.2) is 49.3 Å². The molecule has 1 aromatic heterocycles. The number of hydrogen-bond donors (Lipinski definition) is 1. The summed E-state index contributed by atoms with van der Waals surface area (Å²) in [6.07, 6.45) is 11.6. The zero-order valence-electron chi connectivity index (χ0n) is 13.0. The van der Waals surface area contributed by atoms with E-state index in [-0.39, 0.29) is 26.0 Å². The van der Waals surface area contributed by atoms with Gasteiger partial charge in [0.1, 0.15) is 25.3 Å². The first-order valence-corrected chi connectivity index (χ1v) is 7.57. The molecule has 1 aromatic rings. The van der Waals surface area contributed by atoms with Gasteiger partial charge < -0.3 is 14.7 Å². The number of nitrogens with zero attached hydrogens (tertiary/aromatic N) is 4. The molecule has 0 atom stereocenters. The molecule has 0 aliphatic carbocycles. The number of carbonyl (C=O) groups is 1. The van der Waals surface area contributed by atoms with Gasteiger partial charge in [0.15, 0.2) is 0 Å². The first kappa shape index (κ1) is 17.0. The molecule has 1 aliphatic rings. The van der Waals surface area contributed by atoms with E-state index >= 15 is 0 Å². The van der Waals surface area contributed by atoms with Crippen molar-refractivity contribution < 1.29 is 14.6 Å². The van der Waals surface area contributed by atoms with E-state index in [1.165, 1.54) is 17.3 Å². The Morgan fingerprint density at radius 2 is 2.35 bits per heavy atom. The molecule has 0 aromatic carbocycles. The molecule has 0 spiro atoms. The van der Waals surface area contributed by atoms with Crippen molar-refractivity contribution >= 4 is 13.4 Å². The number of rotatable bonds is 9. The third kappa shape index (κ3) is 5.41. The van der Waals surface area contributed by atoms with Gasteiger partial charge in [0.05, 0.1) is 19.4 Å². The van der Waals surface area contributed by atoms with Crippen molar-refractivity contribution in [2.75, 3.05) is 13.1 Å². The lowest BCUT2D eigenvalue weighted by molar-refractivity contribution is -0.142. The number of amides is 1. The van der Waals surface area contributed by atoms with Crippen molar-refractivity contribution in [2.24, 2.45) is 0 Å². The average Bonchev–Trinajstić information content (AvgIpc) is 3.00. The van der Waals surface area contributed by atoms with Gasteiger partial charge in [-0.2, -0.15) is 5.10 Å². The van der Waals surface area contributed by atoms with Crippen LogP contribution in [0.5, 0.6) is 0 Å². The maximum Gasteiger partial charge on any atom is 0.271 e. The summed E-state index contributed by atoms with van der Waals surface area (Å²) in [6, 6.07) is 0. The molecular weight excluding hydrogens is 295 g/mol. The molecule has 0 saturated carbocycles. The van der Waals surface area contributed by atoms with E-state index in [4.69, 9.17) is 9.76 Å². The summed E-state index contributed by atoms with van der Waals surface area (Å²) in [5.74, 6) is 0.0113.